The number of fused-ring (bicyclic) bond motifs is 1. The molecular weight excluding hydrogens is 426 g/mol. The molecule has 5 unspecified atom stereocenters. The number of carbonyl (C=O) groups excluding carboxylic acids is 1. The molecule has 5 atom stereocenters. The van der Waals surface area contributed by atoms with E-state index >= 15 is 0 Å². The Labute approximate surface area is 189 Å². The number of rotatable bonds is 3. The topological polar surface area (TPSA) is 158 Å². The first-order valence-corrected chi connectivity index (χ1v) is 10.4. The van der Waals surface area contributed by atoms with Crippen LogP contribution in [0.4, 0.5) is 5.82 Å². The molecule has 3 aromatic rings. The van der Waals surface area contributed by atoms with Gasteiger partial charge in [-0.05, 0) is 24.8 Å². The average molecular weight is 451 g/mol. The molecule has 11 nitrogen and oxygen atoms in total. The van der Waals surface area contributed by atoms with E-state index in [9.17, 15) is 20.1 Å². The monoisotopic (exact) mass is 451 g/mol. The van der Waals surface area contributed by atoms with Crippen molar-refractivity contribution < 1.29 is 20.1 Å². The molecule has 1 aliphatic rings. The van der Waals surface area contributed by atoms with Crippen LogP contribution in [0.5, 0.6) is 5.75 Å². The number of amides is 1. The molecule has 1 saturated carbocycles. The number of carbonyl (C=O) groups is 1. The standard InChI is InChI=1S/C22H25N7O4/c1-11-16(17(31)18(32)22(11,2)21(33)24-4)29-10-26-15-19(23-3)27-14(28-20(15)29)6-5-12-7-13(30)9-25-8-12/h7-11,16-18,30-32H,1-4H3,(H,24,33)(H,23,27,28). The minimum atomic E-state index is -1.28. The van der Waals surface area contributed by atoms with E-state index in [0.29, 0.717) is 22.5 Å². The van der Waals surface area contributed by atoms with Crippen molar-refractivity contribution in [1.82, 2.24) is 29.8 Å². The van der Waals surface area contributed by atoms with Crippen LogP contribution >= 0.6 is 0 Å². The van der Waals surface area contributed by atoms with Gasteiger partial charge in [0.1, 0.15) is 11.9 Å². The minimum Gasteiger partial charge on any atom is -0.506 e. The molecule has 0 saturated heterocycles. The number of hydrogen-bond donors (Lipinski definition) is 5. The molecule has 0 radical (unpaired) electrons. The zero-order valence-corrected chi connectivity index (χ0v) is 18.6. The summed E-state index contributed by atoms with van der Waals surface area (Å²) in [5.74, 6) is 5.54. The average Bonchev–Trinajstić information content (AvgIpc) is 3.30. The molecule has 0 aliphatic heterocycles. The Bertz CT molecular complexity index is 1280. The third kappa shape index (κ3) is 3.53. The Morgan fingerprint density at radius 3 is 2.64 bits per heavy atom. The number of imidazole rings is 1. The summed E-state index contributed by atoms with van der Waals surface area (Å²) in [5.41, 5.74) is 0.142. The molecule has 11 heteroatoms. The highest BCUT2D eigenvalue weighted by molar-refractivity contribution is 5.85. The number of hydrogen-bond acceptors (Lipinski definition) is 9. The predicted octanol–water partition coefficient (Wildman–Crippen LogP) is 0.0333. The predicted molar refractivity (Wildman–Crippen MR) is 119 cm³/mol. The van der Waals surface area contributed by atoms with Gasteiger partial charge in [0, 0.05) is 25.9 Å². The number of aliphatic hydroxyl groups excluding tert-OH is 2. The highest BCUT2D eigenvalue weighted by atomic mass is 16.3. The Morgan fingerprint density at radius 1 is 1.21 bits per heavy atom. The van der Waals surface area contributed by atoms with Gasteiger partial charge in [-0.3, -0.25) is 9.78 Å². The van der Waals surface area contributed by atoms with Crippen LogP contribution in [0.15, 0.2) is 24.8 Å². The first-order chi connectivity index (χ1) is 15.7. The molecule has 1 amide bonds. The summed E-state index contributed by atoms with van der Waals surface area (Å²) in [6.07, 6.45) is 1.83. The maximum absolute atomic E-state index is 12.6. The molecule has 4 rings (SSSR count). The van der Waals surface area contributed by atoms with Crippen LogP contribution in [-0.4, -0.2) is 72.0 Å². The number of pyridine rings is 1. The summed E-state index contributed by atoms with van der Waals surface area (Å²) in [7, 11) is 3.19. The minimum absolute atomic E-state index is 0.00547. The molecular formula is C22H25N7O4. The summed E-state index contributed by atoms with van der Waals surface area (Å²) in [5, 5.41) is 36.8. The van der Waals surface area contributed by atoms with Crippen molar-refractivity contribution in [3.63, 3.8) is 0 Å². The summed E-state index contributed by atoms with van der Waals surface area (Å²) < 4.78 is 1.66. The Morgan fingerprint density at radius 2 is 1.97 bits per heavy atom. The molecule has 0 bridgehead atoms. The van der Waals surface area contributed by atoms with Gasteiger partial charge in [0.2, 0.25) is 11.7 Å². The molecule has 172 valence electrons. The number of nitrogens with one attached hydrogen (secondary N) is 2. The highest BCUT2D eigenvalue weighted by Crippen LogP contribution is 2.50. The Balaban J connectivity index is 1.82. The van der Waals surface area contributed by atoms with Gasteiger partial charge in [0.25, 0.3) is 0 Å². The summed E-state index contributed by atoms with van der Waals surface area (Å²) in [6, 6.07) is 0.808. The van der Waals surface area contributed by atoms with E-state index in [4.69, 9.17) is 0 Å². The Hall–Kier alpha value is -3.75. The van der Waals surface area contributed by atoms with E-state index in [-0.39, 0.29) is 17.5 Å². The second kappa shape index (κ2) is 8.31. The first kappa shape index (κ1) is 22.4. The van der Waals surface area contributed by atoms with E-state index in [2.05, 4.69) is 42.4 Å². The fourth-order valence-electron chi connectivity index (χ4n) is 4.47. The van der Waals surface area contributed by atoms with E-state index in [0.717, 1.165) is 0 Å². The SMILES string of the molecule is CNC(=O)C1(C)C(C)C(n2cnc3c(NC)nc(C#Cc4cncc(O)c4)nc32)C(O)C1O. The van der Waals surface area contributed by atoms with Gasteiger partial charge in [0.05, 0.1) is 30.1 Å². The molecule has 1 aliphatic carbocycles. The molecule has 3 heterocycles. The van der Waals surface area contributed by atoms with Crippen molar-refractivity contribution in [2.24, 2.45) is 11.3 Å². The Kier molecular flexibility index (Phi) is 5.65. The van der Waals surface area contributed by atoms with Crippen LogP contribution in [0.25, 0.3) is 11.2 Å². The molecule has 1 fully saturated rings. The van der Waals surface area contributed by atoms with Crippen LogP contribution in [0.3, 0.4) is 0 Å². The smallest absolute Gasteiger partial charge is 0.228 e. The lowest BCUT2D eigenvalue weighted by Crippen LogP contribution is -2.47. The highest BCUT2D eigenvalue weighted by Gasteiger charge is 2.59. The third-order valence-corrected chi connectivity index (χ3v) is 6.48. The van der Waals surface area contributed by atoms with Crippen molar-refractivity contribution in [3.05, 3.63) is 36.2 Å². The zero-order chi connectivity index (χ0) is 23.9. The maximum Gasteiger partial charge on any atom is 0.228 e. The molecule has 33 heavy (non-hydrogen) atoms. The fourth-order valence-corrected chi connectivity index (χ4v) is 4.47. The second-order valence-corrected chi connectivity index (χ2v) is 8.23. The number of anilines is 1. The summed E-state index contributed by atoms with van der Waals surface area (Å²) in [4.78, 5) is 29.8. The van der Waals surface area contributed by atoms with Crippen LogP contribution in [-0.2, 0) is 4.79 Å². The lowest BCUT2D eigenvalue weighted by atomic mass is 9.77. The van der Waals surface area contributed by atoms with Crippen molar-refractivity contribution in [3.8, 4) is 17.6 Å². The van der Waals surface area contributed by atoms with E-state index in [1.165, 1.54) is 31.8 Å². The number of aromatic hydroxyl groups is 1. The van der Waals surface area contributed by atoms with Crippen molar-refractivity contribution in [2.45, 2.75) is 32.1 Å². The normalized spacial score (nSPS) is 26.6. The number of aromatic nitrogens is 5. The third-order valence-electron chi connectivity index (χ3n) is 6.48. The van der Waals surface area contributed by atoms with E-state index < -0.39 is 29.6 Å². The van der Waals surface area contributed by atoms with Crippen molar-refractivity contribution in [2.75, 3.05) is 19.4 Å². The van der Waals surface area contributed by atoms with Gasteiger partial charge in [-0.25, -0.2) is 15.0 Å². The van der Waals surface area contributed by atoms with Crippen LogP contribution in [0.2, 0.25) is 0 Å². The molecule has 0 aromatic carbocycles. The molecule has 3 aromatic heterocycles. The van der Waals surface area contributed by atoms with Crippen LogP contribution in [0, 0.1) is 23.2 Å². The van der Waals surface area contributed by atoms with Gasteiger partial charge >= 0.3 is 0 Å². The number of aliphatic hydroxyl groups is 2. The number of nitrogens with zero attached hydrogens (tertiary/aromatic N) is 5. The zero-order valence-electron chi connectivity index (χ0n) is 18.6. The lowest BCUT2D eigenvalue weighted by Gasteiger charge is -2.31. The van der Waals surface area contributed by atoms with Gasteiger partial charge in [0.15, 0.2) is 17.0 Å². The second-order valence-electron chi connectivity index (χ2n) is 8.23. The van der Waals surface area contributed by atoms with Gasteiger partial charge in [-0.15, -0.1) is 0 Å². The van der Waals surface area contributed by atoms with Gasteiger partial charge < -0.3 is 30.5 Å². The van der Waals surface area contributed by atoms with Gasteiger partial charge in [-0.2, -0.15) is 0 Å². The van der Waals surface area contributed by atoms with Crippen molar-refractivity contribution in [1.29, 1.82) is 0 Å². The fraction of sp³-hybridized carbons (Fsp3) is 0.409. The van der Waals surface area contributed by atoms with Crippen LogP contribution in [0.1, 0.15) is 31.3 Å². The summed E-state index contributed by atoms with van der Waals surface area (Å²) >= 11 is 0. The van der Waals surface area contributed by atoms with E-state index in [1.807, 2.05) is 0 Å². The molecule has 0 spiro atoms. The van der Waals surface area contributed by atoms with E-state index in [1.54, 1.807) is 25.5 Å². The largest absolute Gasteiger partial charge is 0.506 e. The lowest BCUT2D eigenvalue weighted by molar-refractivity contribution is -0.139. The summed E-state index contributed by atoms with van der Waals surface area (Å²) in [6.45, 7) is 3.44. The van der Waals surface area contributed by atoms with Gasteiger partial charge in [-0.1, -0.05) is 12.8 Å². The quantitative estimate of drug-likeness (QED) is 0.346. The van der Waals surface area contributed by atoms with Crippen LogP contribution < -0.4 is 10.6 Å². The first-order valence-electron chi connectivity index (χ1n) is 10.4. The van der Waals surface area contributed by atoms with Crippen molar-refractivity contribution >= 4 is 22.9 Å². The maximum atomic E-state index is 12.6. The molecule has 5 N–H and O–H groups in total.